The van der Waals surface area contributed by atoms with Gasteiger partial charge in [-0.3, -0.25) is 4.98 Å². The molecule has 0 aliphatic carbocycles. The molecule has 0 unspecified atom stereocenters. The van der Waals surface area contributed by atoms with E-state index in [2.05, 4.69) is 11.1 Å². The minimum atomic E-state index is 0.700. The zero-order chi connectivity index (χ0) is 8.27. The van der Waals surface area contributed by atoms with Crippen molar-refractivity contribution in [3.05, 3.63) is 29.1 Å². The first-order chi connectivity index (χ1) is 5.24. The Labute approximate surface area is 67.5 Å². The third-order valence-corrected chi connectivity index (χ3v) is 1.74. The second-order valence-corrected chi connectivity index (χ2v) is 2.80. The fraction of sp³-hybridized carbons (Fsp3) is 0.444. The zero-order valence-electron chi connectivity index (χ0n) is 7.09. The molecule has 2 nitrogen and oxygen atoms in total. The molecule has 1 aromatic rings. The van der Waals surface area contributed by atoms with Crippen molar-refractivity contribution in [3.8, 4) is 0 Å². The van der Waals surface area contributed by atoms with Crippen molar-refractivity contribution in [1.82, 2.24) is 4.98 Å². The van der Waals surface area contributed by atoms with Gasteiger partial charge in [-0.15, -0.1) is 0 Å². The van der Waals surface area contributed by atoms with E-state index in [1.165, 1.54) is 11.1 Å². The zero-order valence-corrected chi connectivity index (χ0v) is 7.09. The van der Waals surface area contributed by atoms with Crippen LogP contribution in [0.15, 0.2) is 12.3 Å². The summed E-state index contributed by atoms with van der Waals surface area (Å²) in [6.45, 7) is 4.77. The molecule has 2 heteroatoms. The molecule has 1 rings (SSSR count). The van der Waals surface area contributed by atoms with E-state index >= 15 is 0 Å². The van der Waals surface area contributed by atoms with E-state index in [1.54, 1.807) is 0 Å². The molecule has 1 aromatic heterocycles. The van der Waals surface area contributed by atoms with E-state index in [-0.39, 0.29) is 0 Å². The number of rotatable bonds is 2. The Morgan fingerprint density at radius 2 is 2.18 bits per heavy atom. The van der Waals surface area contributed by atoms with Crippen LogP contribution in [0.5, 0.6) is 0 Å². The molecule has 2 N–H and O–H groups in total. The van der Waals surface area contributed by atoms with Crippen molar-refractivity contribution < 1.29 is 0 Å². The van der Waals surface area contributed by atoms with Gasteiger partial charge in [0.05, 0.1) is 0 Å². The second kappa shape index (κ2) is 3.49. The Bertz CT molecular complexity index is 243. The molecular weight excluding hydrogens is 136 g/mol. The van der Waals surface area contributed by atoms with E-state index in [4.69, 9.17) is 5.73 Å². The molecule has 0 aliphatic rings. The molecule has 0 aromatic carbocycles. The predicted octanol–water partition coefficient (Wildman–Crippen LogP) is 1.20. The molecule has 0 saturated carbocycles. The summed E-state index contributed by atoms with van der Waals surface area (Å²) >= 11 is 0. The van der Waals surface area contributed by atoms with Crippen LogP contribution in [-0.2, 0) is 6.42 Å². The summed E-state index contributed by atoms with van der Waals surface area (Å²) in [6.07, 6.45) is 2.82. The van der Waals surface area contributed by atoms with E-state index < -0.39 is 0 Å². The van der Waals surface area contributed by atoms with Gasteiger partial charge in [0, 0.05) is 11.9 Å². The quantitative estimate of drug-likeness (QED) is 0.688. The lowest BCUT2D eigenvalue weighted by Gasteiger charge is -2.03. The normalized spacial score (nSPS) is 10.1. The summed E-state index contributed by atoms with van der Waals surface area (Å²) in [7, 11) is 0. The van der Waals surface area contributed by atoms with Crippen molar-refractivity contribution in [2.45, 2.75) is 20.3 Å². The Morgan fingerprint density at radius 3 is 2.82 bits per heavy atom. The maximum absolute atomic E-state index is 5.45. The number of hydrogen-bond acceptors (Lipinski definition) is 2. The van der Waals surface area contributed by atoms with Crippen molar-refractivity contribution in [3.63, 3.8) is 0 Å². The van der Waals surface area contributed by atoms with Gasteiger partial charge < -0.3 is 5.73 Å². The topological polar surface area (TPSA) is 38.9 Å². The van der Waals surface area contributed by atoms with Crippen molar-refractivity contribution in [1.29, 1.82) is 0 Å². The van der Waals surface area contributed by atoms with Crippen LogP contribution in [0.25, 0.3) is 0 Å². The van der Waals surface area contributed by atoms with Crippen LogP contribution in [0.3, 0.4) is 0 Å². The molecule has 60 valence electrons. The monoisotopic (exact) mass is 150 g/mol. The molecular formula is C9H14N2. The van der Waals surface area contributed by atoms with Gasteiger partial charge in [0.25, 0.3) is 0 Å². The largest absolute Gasteiger partial charge is 0.330 e. The van der Waals surface area contributed by atoms with Crippen molar-refractivity contribution in [2.24, 2.45) is 5.73 Å². The molecule has 0 saturated heterocycles. The lowest BCUT2D eigenvalue weighted by Crippen LogP contribution is -2.05. The average molecular weight is 150 g/mol. The maximum atomic E-state index is 5.45. The fourth-order valence-corrected chi connectivity index (χ4v) is 1.11. The fourth-order valence-electron chi connectivity index (χ4n) is 1.11. The Morgan fingerprint density at radius 1 is 1.45 bits per heavy atom. The maximum Gasteiger partial charge on any atom is 0.0405 e. The lowest BCUT2D eigenvalue weighted by atomic mass is 10.1. The van der Waals surface area contributed by atoms with Crippen molar-refractivity contribution in [2.75, 3.05) is 6.54 Å². The van der Waals surface area contributed by atoms with Gasteiger partial charge >= 0.3 is 0 Å². The lowest BCUT2D eigenvalue weighted by molar-refractivity contribution is 0.935. The number of pyridine rings is 1. The Kier molecular flexibility index (Phi) is 2.60. The van der Waals surface area contributed by atoms with E-state index in [9.17, 15) is 0 Å². The van der Waals surface area contributed by atoms with Crippen LogP contribution in [-0.4, -0.2) is 11.5 Å². The first-order valence-electron chi connectivity index (χ1n) is 3.86. The molecule has 1 heterocycles. The number of hydrogen-bond donors (Lipinski definition) is 1. The van der Waals surface area contributed by atoms with Crippen LogP contribution in [0.4, 0.5) is 0 Å². The summed E-state index contributed by atoms with van der Waals surface area (Å²) in [5.74, 6) is 0. The number of nitrogens with two attached hydrogens (primary N) is 1. The highest BCUT2D eigenvalue weighted by molar-refractivity contribution is 5.23. The summed E-state index contributed by atoms with van der Waals surface area (Å²) in [4.78, 5) is 4.24. The van der Waals surface area contributed by atoms with Gasteiger partial charge in [-0.25, -0.2) is 0 Å². The Balaban J connectivity index is 2.93. The van der Waals surface area contributed by atoms with Crippen LogP contribution in [0.2, 0.25) is 0 Å². The van der Waals surface area contributed by atoms with Crippen LogP contribution in [0.1, 0.15) is 16.8 Å². The molecule has 11 heavy (non-hydrogen) atoms. The number of nitrogens with zero attached hydrogens (tertiary/aromatic N) is 1. The number of aryl methyl sites for hydroxylation is 2. The second-order valence-electron chi connectivity index (χ2n) is 2.80. The van der Waals surface area contributed by atoms with Gasteiger partial charge in [-0.1, -0.05) is 6.07 Å². The molecule has 0 atom stereocenters. The smallest absolute Gasteiger partial charge is 0.0405 e. The highest BCUT2D eigenvalue weighted by Crippen LogP contribution is 2.06. The minimum Gasteiger partial charge on any atom is -0.330 e. The molecule has 0 bridgehead atoms. The molecule has 0 spiro atoms. The van der Waals surface area contributed by atoms with Gasteiger partial charge in [0.1, 0.15) is 0 Å². The minimum absolute atomic E-state index is 0.700. The highest BCUT2D eigenvalue weighted by Gasteiger charge is 1.97. The van der Waals surface area contributed by atoms with E-state index in [0.29, 0.717) is 6.54 Å². The number of aromatic nitrogens is 1. The molecule has 0 radical (unpaired) electrons. The van der Waals surface area contributed by atoms with E-state index in [1.807, 2.05) is 20.0 Å². The van der Waals surface area contributed by atoms with Crippen LogP contribution >= 0.6 is 0 Å². The molecule has 0 fully saturated rings. The predicted molar refractivity (Wildman–Crippen MR) is 46.5 cm³/mol. The van der Waals surface area contributed by atoms with E-state index in [0.717, 1.165) is 12.1 Å². The van der Waals surface area contributed by atoms with Gasteiger partial charge in [0.15, 0.2) is 0 Å². The van der Waals surface area contributed by atoms with Gasteiger partial charge in [-0.05, 0) is 37.9 Å². The summed E-state index contributed by atoms with van der Waals surface area (Å²) in [6, 6.07) is 2.15. The van der Waals surface area contributed by atoms with Crippen LogP contribution in [0, 0.1) is 13.8 Å². The Hall–Kier alpha value is -0.890. The SMILES string of the molecule is Cc1cnc(C)c(CCN)c1. The molecule has 0 amide bonds. The average Bonchev–Trinajstić information content (AvgIpc) is 1.98. The third-order valence-electron chi connectivity index (χ3n) is 1.74. The summed E-state index contributed by atoms with van der Waals surface area (Å²) in [5, 5.41) is 0. The standard InChI is InChI=1S/C9H14N2/c1-7-5-9(3-4-10)8(2)11-6-7/h5-6H,3-4,10H2,1-2H3. The first kappa shape index (κ1) is 8.21. The third kappa shape index (κ3) is 2.02. The summed E-state index contributed by atoms with van der Waals surface area (Å²) < 4.78 is 0. The molecule has 0 aliphatic heterocycles. The van der Waals surface area contributed by atoms with Crippen molar-refractivity contribution >= 4 is 0 Å². The van der Waals surface area contributed by atoms with Gasteiger partial charge in [0.2, 0.25) is 0 Å². The summed E-state index contributed by atoms with van der Waals surface area (Å²) in [5.41, 5.74) is 9.03. The van der Waals surface area contributed by atoms with Crippen LogP contribution < -0.4 is 5.73 Å². The first-order valence-corrected chi connectivity index (χ1v) is 3.86. The van der Waals surface area contributed by atoms with Gasteiger partial charge in [-0.2, -0.15) is 0 Å². The highest BCUT2D eigenvalue weighted by atomic mass is 14.7.